The lowest BCUT2D eigenvalue weighted by molar-refractivity contribution is -0.161. The van der Waals surface area contributed by atoms with Crippen molar-refractivity contribution >= 4 is 39.5 Å². The Morgan fingerprint density at radius 3 is 0.723 bits per heavy atom. The van der Waals surface area contributed by atoms with Gasteiger partial charge in [0.05, 0.1) is 26.4 Å². The highest BCUT2D eigenvalue weighted by Gasteiger charge is 2.30. The minimum Gasteiger partial charge on any atom is -0.462 e. The SMILES string of the molecule is CCCCCCCCCCC(=O)OC[C@H](COP(=O)(O)OC[C@H](O)COP(=O)(O)OC[C@@H](COC(=O)CCCCCCCCCCCCCCCC(C)C)OC(=O)CCCCCCCCCCCCCCCCCC(C)C)OC(=O)CCCCCCCCCCCC(C)C. The van der Waals surface area contributed by atoms with Crippen LogP contribution in [0.4, 0.5) is 0 Å². The summed E-state index contributed by atoms with van der Waals surface area (Å²) in [4.78, 5) is 72.7. The van der Waals surface area contributed by atoms with Crippen molar-refractivity contribution in [3.05, 3.63) is 0 Å². The standard InChI is InChI=1S/C75H146O17P2/c1-8-9-10-11-12-35-42-49-56-72(77)85-62-70(92-75(80)59-52-45-38-31-25-28-34-41-48-55-68(6)7)64-89-93(81,82)87-60-69(76)61-88-94(83,84)90-65-71(63-86-73(78)57-50-43-36-29-23-20-16-18-22-27-33-40-47-54-67(4)5)91-74(79)58-51-44-37-30-24-19-15-13-14-17-21-26-32-39-46-53-66(2)3/h66-71,76H,8-65H2,1-7H3,(H,81,82)(H,83,84)/t69-,70+,71+/m0/s1. The molecular weight excluding hydrogens is 1230 g/mol. The van der Waals surface area contributed by atoms with Gasteiger partial charge >= 0.3 is 39.5 Å². The zero-order valence-corrected chi connectivity index (χ0v) is 63.2. The quantitative estimate of drug-likeness (QED) is 0.0222. The molecule has 558 valence electrons. The van der Waals surface area contributed by atoms with Gasteiger partial charge in [0, 0.05) is 25.7 Å². The van der Waals surface area contributed by atoms with Crippen LogP contribution in [0.1, 0.15) is 382 Å². The van der Waals surface area contributed by atoms with Crippen LogP contribution in [0.2, 0.25) is 0 Å². The van der Waals surface area contributed by atoms with E-state index in [2.05, 4.69) is 48.5 Å². The van der Waals surface area contributed by atoms with E-state index in [-0.39, 0.29) is 25.7 Å². The van der Waals surface area contributed by atoms with E-state index >= 15 is 0 Å². The third kappa shape index (κ3) is 68.6. The number of esters is 4. The van der Waals surface area contributed by atoms with E-state index in [9.17, 15) is 43.2 Å². The highest BCUT2D eigenvalue weighted by molar-refractivity contribution is 7.47. The summed E-state index contributed by atoms with van der Waals surface area (Å²) in [6.45, 7) is 11.9. The van der Waals surface area contributed by atoms with E-state index in [0.29, 0.717) is 25.7 Å². The molecule has 0 radical (unpaired) electrons. The van der Waals surface area contributed by atoms with Gasteiger partial charge in [-0.3, -0.25) is 37.3 Å². The van der Waals surface area contributed by atoms with Crippen LogP contribution in [0.25, 0.3) is 0 Å². The van der Waals surface area contributed by atoms with Gasteiger partial charge in [0.25, 0.3) is 0 Å². The number of aliphatic hydroxyl groups is 1. The summed E-state index contributed by atoms with van der Waals surface area (Å²) in [5, 5.41) is 10.6. The first-order valence-electron chi connectivity index (χ1n) is 38.8. The number of carbonyl (C=O) groups is 4. The van der Waals surface area contributed by atoms with Crippen molar-refractivity contribution < 1.29 is 80.2 Å². The molecule has 0 aromatic carbocycles. The van der Waals surface area contributed by atoms with Gasteiger partial charge in [-0.05, 0) is 43.4 Å². The van der Waals surface area contributed by atoms with Crippen LogP contribution in [0.3, 0.4) is 0 Å². The summed E-state index contributed by atoms with van der Waals surface area (Å²) >= 11 is 0. The number of unbranched alkanes of at least 4 members (excludes halogenated alkanes) is 41. The molecule has 0 aromatic rings. The Balaban J connectivity index is 5.22. The lowest BCUT2D eigenvalue weighted by atomic mass is 10.0. The van der Waals surface area contributed by atoms with Crippen molar-refractivity contribution in [2.45, 2.75) is 401 Å². The lowest BCUT2D eigenvalue weighted by Crippen LogP contribution is -2.30. The number of hydrogen-bond donors (Lipinski definition) is 3. The molecule has 0 aromatic heterocycles. The van der Waals surface area contributed by atoms with Gasteiger partial charge in [-0.25, -0.2) is 9.13 Å². The van der Waals surface area contributed by atoms with E-state index in [4.69, 9.17) is 37.0 Å². The summed E-state index contributed by atoms with van der Waals surface area (Å²) in [6.07, 6.45) is 51.4. The fourth-order valence-electron chi connectivity index (χ4n) is 11.4. The smallest absolute Gasteiger partial charge is 0.462 e. The van der Waals surface area contributed by atoms with Crippen LogP contribution >= 0.6 is 15.6 Å². The van der Waals surface area contributed by atoms with Crippen molar-refractivity contribution in [1.29, 1.82) is 0 Å². The highest BCUT2D eigenvalue weighted by atomic mass is 31.2. The fourth-order valence-corrected chi connectivity index (χ4v) is 13.0. The molecule has 0 fully saturated rings. The number of aliphatic hydroxyl groups excluding tert-OH is 1. The molecule has 0 spiro atoms. The summed E-state index contributed by atoms with van der Waals surface area (Å²) in [5.41, 5.74) is 0. The monoisotopic (exact) mass is 1380 g/mol. The molecule has 0 heterocycles. The molecule has 94 heavy (non-hydrogen) atoms. The minimum atomic E-state index is -4.96. The Hall–Kier alpha value is -1.94. The summed E-state index contributed by atoms with van der Waals surface area (Å²) < 4.78 is 68.4. The van der Waals surface area contributed by atoms with Crippen LogP contribution in [0.5, 0.6) is 0 Å². The summed E-state index contributed by atoms with van der Waals surface area (Å²) in [6, 6.07) is 0. The zero-order chi connectivity index (χ0) is 69.4. The molecule has 3 N–H and O–H groups in total. The van der Waals surface area contributed by atoms with Gasteiger partial charge in [0.15, 0.2) is 12.2 Å². The lowest BCUT2D eigenvalue weighted by Gasteiger charge is -2.21. The Morgan fingerprint density at radius 2 is 0.489 bits per heavy atom. The average molecular weight is 1380 g/mol. The molecular formula is C75H146O17P2. The Morgan fingerprint density at radius 1 is 0.287 bits per heavy atom. The predicted molar refractivity (Wildman–Crippen MR) is 381 cm³/mol. The van der Waals surface area contributed by atoms with E-state index in [1.54, 1.807) is 0 Å². The van der Waals surface area contributed by atoms with E-state index < -0.39 is 97.5 Å². The molecule has 0 amide bonds. The van der Waals surface area contributed by atoms with Crippen LogP contribution in [0, 0.1) is 17.8 Å². The molecule has 0 saturated carbocycles. The molecule has 0 bridgehead atoms. The number of carbonyl (C=O) groups excluding carboxylic acids is 4. The molecule has 0 aliphatic carbocycles. The van der Waals surface area contributed by atoms with Gasteiger partial charge < -0.3 is 33.8 Å². The van der Waals surface area contributed by atoms with E-state index in [1.165, 1.54) is 186 Å². The molecule has 2 unspecified atom stereocenters. The van der Waals surface area contributed by atoms with Gasteiger partial charge in [0.2, 0.25) is 0 Å². The van der Waals surface area contributed by atoms with Crippen LogP contribution in [0.15, 0.2) is 0 Å². The molecule has 5 atom stereocenters. The number of phosphoric ester groups is 2. The third-order valence-electron chi connectivity index (χ3n) is 17.4. The topological polar surface area (TPSA) is 237 Å². The van der Waals surface area contributed by atoms with Crippen LogP contribution in [-0.2, 0) is 65.4 Å². The summed E-state index contributed by atoms with van der Waals surface area (Å²) in [7, 11) is -9.91. The fraction of sp³-hybridized carbons (Fsp3) is 0.947. The van der Waals surface area contributed by atoms with Crippen LogP contribution in [-0.4, -0.2) is 96.7 Å². The van der Waals surface area contributed by atoms with Gasteiger partial charge in [-0.1, -0.05) is 331 Å². The second-order valence-corrected chi connectivity index (χ2v) is 31.4. The third-order valence-corrected chi connectivity index (χ3v) is 19.3. The van der Waals surface area contributed by atoms with Crippen molar-refractivity contribution in [3.8, 4) is 0 Å². The molecule has 0 saturated heterocycles. The average Bonchev–Trinajstić information content (AvgIpc) is 1.13. The first-order chi connectivity index (χ1) is 45.2. The van der Waals surface area contributed by atoms with Crippen molar-refractivity contribution in [3.63, 3.8) is 0 Å². The number of ether oxygens (including phenoxy) is 4. The zero-order valence-electron chi connectivity index (χ0n) is 61.4. The number of phosphoric acid groups is 2. The maximum Gasteiger partial charge on any atom is 0.472 e. The van der Waals surface area contributed by atoms with Crippen molar-refractivity contribution in [2.75, 3.05) is 39.6 Å². The van der Waals surface area contributed by atoms with E-state index in [1.807, 2.05) is 0 Å². The number of hydrogen-bond acceptors (Lipinski definition) is 15. The Labute approximate surface area is 575 Å². The van der Waals surface area contributed by atoms with Crippen molar-refractivity contribution in [1.82, 2.24) is 0 Å². The van der Waals surface area contributed by atoms with Gasteiger partial charge in [-0.15, -0.1) is 0 Å². The van der Waals surface area contributed by atoms with Gasteiger partial charge in [0.1, 0.15) is 19.3 Å². The van der Waals surface area contributed by atoms with Crippen molar-refractivity contribution in [2.24, 2.45) is 17.8 Å². The molecule has 19 heteroatoms. The molecule has 17 nitrogen and oxygen atoms in total. The second kappa shape index (κ2) is 65.7. The highest BCUT2D eigenvalue weighted by Crippen LogP contribution is 2.45. The first-order valence-corrected chi connectivity index (χ1v) is 41.8. The minimum absolute atomic E-state index is 0.105. The maximum atomic E-state index is 13.1. The predicted octanol–water partition coefficient (Wildman–Crippen LogP) is 21.8. The normalized spacial score (nSPS) is 14.1. The molecule has 0 aliphatic heterocycles. The second-order valence-electron chi connectivity index (χ2n) is 28.5. The first kappa shape index (κ1) is 92.1. The Kier molecular flexibility index (Phi) is 64.3. The Bertz CT molecular complexity index is 1840. The molecule has 0 aliphatic rings. The summed E-state index contributed by atoms with van der Waals surface area (Å²) in [5.74, 6) is 0.209. The number of rotatable bonds is 73. The van der Waals surface area contributed by atoms with Crippen LogP contribution < -0.4 is 0 Å². The molecule has 0 rings (SSSR count). The maximum absolute atomic E-state index is 13.1. The van der Waals surface area contributed by atoms with E-state index in [0.717, 1.165) is 114 Å². The largest absolute Gasteiger partial charge is 0.472 e. The van der Waals surface area contributed by atoms with Gasteiger partial charge in [-0.2, -0.15) is 0 Å².